The number of piperidine rings is 1. The lowest BCUT2D eigenvalue weighted by atomic mass is 9.97. The van der Waals surface area contributed by atoms with Crippen LogP contribution in [0.3, 0.4) is 0 Å². The molecule has 3 N–H and O–H groups in total. The first kappa shape index (κ1) is 23.1. The van der Waals surface area contributed by atoms with Crippen molar-refractivity contribution in [1.29, 1.82) is 0 Å². The number of benzene rings is 2. The molecule has 0 unspecified atom stereocenters. The molecule has 0 atom stereocenters. The second-order valence-corrected chi connectivity index (χ2v) is 7.61. The summed E-state index contributed by atoms with van der Waals surface area (Å²) in [5.74, 6) is -0.868. The third kappa shape index (κ3) is 6.69. The fraction of sp³-hybridized carbons (Fsp3) is 0.348. The molecule has 0 bridgehead atoms. The Bertz CT molecular complexity index is 943. The largest absolute Gasteiger partial charge is 0.497 e. The van der Waals surface area contributed by atoms with E-state index in [0.29, 0.717) is 43.9 Å². The van der Waals surface area contributed by atoms with Gasteiger partial charge in [0.15, 0.2) is 0 Å². The maximum Gasteiger partial charge on any atom is 0.321 e. The van der Waals surface area contributed by atoms with Gasteiger partial charge in [-0.25, -0.2) is 9.18 Å². The summed E-state index contributed by atoms with van der Waals surface area (Å²) in [4.78, 5) is 38.1. The smallest absolute Gasteiger partial charge is 0.321 e. The summed E-state index contributed by atoms with van der Waals surface area (Å²) < 4.78 is 18.1. The molecule has 0 aromatic heterocycles. The van der Waals surface area contributed by atoms with Crippen molar-refractivity contribution in [2.75, 3.05) is 32.1 Å². The molecule has 32 heavy (non-hydrogen) atoms. The summed E-state index contributed by atoms with van der Waals surface area (Å²) in [5.41, 5.74) is 1.36. The minimum atomic E-state index is -0.691. The number of ether oxygens (including phenoxy) is 1. The summed E-state index contributed by atoms with van der Waals surface area (Å²) in [6, 6.07) is 12.6. The molecule has 2 aromatic carbocycles. The van der Waals surface area contributed by atoms with Crippen LogP contribution in [0.1, 0.15) is 18.4 Å². The van der Waals surface area contributed by atoms with Crippen molar-refractivity contribution >= 4 is 23.5 Å². The van der Waals surface area contributed by atoms with Crippen LogP contribution in [-0.2, 0) is 16.1 Å². The van der Waals surface area contributed by atoms with Gasteiger partial charge >= 0.3 is 17.8 Å². The molecule has 170 valence electrons. The van der Waals surface area contributed by atoms with Crippen LogP contribution in [0.15, 0.2) is 48.5 Å². The average Bonchev–Trinajstić information content (AvgIpc) is 2.82. The quantitative estimate of drug-likeness (QED) is 0.599. The molecule has 0 radical (unpaired) electrons. The van der Waals surface area contributed by atoms with E-state index in [9.17, 15) is 18.8 Å². The van der Waals surface area contributed by atoms with Crippen molar-refractivity contribution in [3.8, 4) is 5.75 Å². The van der Waals surface area contributed by atoms with Crippen LogP contribution in [0, 0.1) is 11.7 Å². The van der Waals surface area contributed by atoms with Gasteiger partial charge in [-0.2, -0.15) is 0 Å². The van der Waals surface area contributed by atoms with Crippen LogP contribution in [-0.4, -0.2) is 49.5 Å². The van der Waals surface area contributed by atoms with Crippen LogP contribution in [0.2, 0.25) is 0 Å². The highest BCUT2D eigenvalue weighted by atomic mass is 19.1. The van der Waals surface area contributed by atoms with Crippen molar-refractivity contribution in [2.24, 2.45) is 5.92 Å². The minimum Gasteiger partial charge on any atom is -0.497 e. The SMILES string of the molecule is COc1cccc(CNC(=O)C(=O)NCC2CCN(C(=O)Nc3ccc(F)cc3)CC2)c1. The molecule has 2 aromatic rings. The van der Waals surface area contributed by atoms with Crippen molar-refractivity contribution in [2.45, 2.75) is 19.4 Å². The highest BCUT2D eigenvalue weighted by Gasteiger charge is 2.24. The van der Waals surface area contributed by atoms with Crippen LogP contribution in [0.5, 0.6) is 5.75 Å². The molecule has 9 heteroatoms. The van der Waals surface area contributed by atoms with E-state index < -0.39 is 11.8 Å². The zero-order valence-electron chi connectivity index (χ0n) is 17.9. The third-order valence-electron chi connectivity index (χ3n) is 5.34. The van der Waals surface area contributed by atoms with E-state index in [1.165, 1.54) is 24.3 Å². The predicted molar refractivity (Wildman–Crippen MR) is 118 cm³/mol. The molecule has 0 spiro atoms. The summed E-state index contributed by atoms with van der Waals surface area (Å²) in [6.07, 6.45) is 1.42. The van der Waals surface area contributed by atoms with E-state index in [1.807, 2.05) is 12.1 Å². The first-order chi connectivity index (χ1) is 15.4. The van der Waals surface area contributed by atoms with Gasteiger partial charge in [-0.3, -0.25) is 9.59 Å². The summed E-state index contributed by atoms with van der Waals surface area (Å²) >= 11 is 0. The fourth-order valence-corrected chi connectivity index (χ4v) is 3.44. The standard InChI is InChI=1S/C23H27FN4O4/c1-32-20-4-2-3-17(13-20)15-26-22(30)21(29)25-14-16-9-11-28(12-10-16)23(31)27-19-7-5-18(24)6-8-19/h2-8,13,16H,9-12,14-15H2,1H3,(H,25,29)(H,26,30)(H,27,31). The molecule has 0 saturated carbocycles. The molecule has 3 rings (SSSR count). The maximum atomic E-state index is 13.0. The predicted octanol–water partition coefficient (Wildman–Crippen LogP) is 2.51. The summed E-state index contributed by atoms with van der Waals surface area (Å²) in [7, 11) is 1.56. The number of nitrogens with one attached hydrogen (secondary N) is 3. The fourth-order valence-electron chi connectivity index (χ4n) is 3.44. The van der Waals surface area contributed by atoms with Crippen LogP contribution >= 0.6 is 0 Å². The van der Waals surface area contributed by atoms with Gasteiger partial charge in [-0.1, -0.05) is 12.1 Å². The number of hydrogen-bond donors (Lipinski definition) is 3. The zero-order valence-corrected chi connectivity index (χ0v) is 17.9. The first-order valence-electron chi connectivity index (χ1n) is 10.4. The lowest BCUT2D eigenvalue weighted by Crippen LogP contribution is -2.45. The summed E-state index contributed by atoms with van der Waals surface area (Å²) in [5, 5.41) is 8.01. The topological polar surface area (TPSA) is 99.8 Å². The molecule has 1 aliphatic rings. The average molecular weight is 442 g/mol. The van der Waals surface area contributed by atoms with Gasteiger partial charge in [0.05, 0.1) is 7.11 Å². The first-order valence-corrected chi connectivity index (χ1v) is 10.4. The van der Waals surface area contributed by atoms with Crippen molar-refractivity contribution in [3.05, 3.63) is 59.9 Å². The zero-order chi connectivity index (χ0) is 22.9. The molecule has 1 saturated heterocycles. The molecule has 1 aliphatic heterocycles. The monoisotopic (exact) mass is 442 g/mol. The maximum absolute atomic E-state index is 13.0. The number of rotatable bonds is 6. The van der Waals surface area contributed by atoms with Crippen LogP contribution in [0.4, 0.5) is 14.9 Å². The lowest BCUT2D eigenvalue weighted by molar-refractivity contribution is -0.139. The Morgan fingerprint density at radius 2 is 1.72 bits per heavy atom. The van der Waals surface area contributed by atoms with Crippen molar-refractivity contribution in [1.82, 2.24) is 15.5 Å². The van der Waals surface area contributed by atoms with E-state index in [1.54, 1.807) is 24.1 Å². The number of nitrogens with zero attached hydrogens (tertiary/aromatic N) is 1. The highest BCUT2D eigenvalue weighted by molar-refractivity contribution is 6.35. The Morgan fingerprint density at radius 1 is 1.03 bits per heavy atom. The van der Waals surface area contributed by atoms with Crippen molar-refractivity contribution < 1.29 is 23.5 Å². The molecular weight excluding hydrogens is 415 g/mol. The Hall–Kier alpha value is -3.62. The number of urea groups is 1. The van der Waals surface area contributed by atoms with Gasteiger partial charge in [0.1, 0.15) is 11.6 Å². The van der Waals surface area contributed by atoms with E-state index in [4.69, 9.17) is 4.74 Å². The van der Waals surface area contributed by atoms with Gasteiger partial charge in [0, 0.05) is 31.9 Å². The number of anilines is 1. The van der Waals surface area contributed by atoms with E-state index >= 15 is 0 Å². The molecule has 0 aliphatic carbocycles. The number of methoxy groups -OCH3 is 1. The molecule has 8 nitrogen and oxygen atoms in total. The van der Waals surface area contributed by atoms with E-state index in [-0.39, 0.29) is 24.3 Å². The second kappa shape index (κ2) is 11.1. The number of carbonyl (C=O) groups is 3. The van der Waals surface area contributed by atoms with Gasteiger partial charge in [0.25, 0.3) is 0 Å². The lowest BCUT2D eigenvalue weighted by Gasteiger charge is -2.32. The Labute approximate surface area is 186 Å². The van der Waals surface area contributed by atoms with Gasteiger partial charge in [-0.15, -0.1) is 0 Å². The molecule has 1 heterocycles. The number of carbonyl (C=O) groups excluding carboxylic acids is 3. The van der Waals surface area contributed by atoms with Gasteiger partial charge < -0.3 is 25.6 Å². The highest BCUT2D eigenvalue weighted by Crippen LogP contribution is 2.18. The number of likely N-dealkylation sites (tertiary alicyclic amines) is 1. The van der Waals surface area contributed by atoms with Gasteiger partial charge in [0.2, 0.25) is 0 Å². The Kier molecular flexibility index (Phi) is 8.02. The third-order valence-corrected chi connectivity index (χ3v) is 5.34. The number of amides is 4. The van der Waals surface area contributed by atoms with E-state index in [2.05, 4.69) is 16.0 Å². The van der Waals surface area contributed by atoms with E-state index in [0.717, 1.165) is 5.56 Å². The number of hydrogen-bond acceptors (Lipinski definition) is 4. The summed E-state index contributed by atoms with van der Waals surface area (Å²) in [6.45, 7) is 1.68. The molecule has 4 amide bonds. The normalized spacial score (nSPS) is 13.9. The van der Waals surface area contributed by atoms with Crippen LogP contribution < -0.4 is 20.7 Å². The van der Waals surface area contributed by atoms with Crippen molar-refractivity contribution in [3.63, 3.8) is 0 Å². The Morgan fingerprint density at radius 3 is 2.41 bits per heavy atom. The molecular formula is C23H27FN4O4. The number of halogens is 1. The molecule has 1 fully saturated rings. The second-order valence-electron chi connectivity index (χ2n) is 7.61. The Balaban J connectivity index is 1.35. The van der Waals surface area contributed by atoms with Crippen LogP contribution in [0.25, 0.3) is 0 Å². The minimum absolute atomic E-state index is 0.181. The van der Waals surface area contributed by atoms with Gasteiger partial charge in [-0.05, 0) is 60.7 Å².